The maximum Gasteiger partial charge on any atom is 0.0462 e. The van der Waals surface area contributed by atoms with Crippen molar-refractivity contribution in [1.29, 1.82) is 0 Å². The molecule has 0 saturated carbocycles. The molecule has 4 aromatic rings. The van der Waals surface area contributed by atoms with Gasteiger partial charge in [0, 0.05) is 35.5 Å². The van der Waals surface area contributed by atoms with E-state index in [2.05, 4.69) is 158 Å². The minimum atomic E-state index is 0.858. The molecule has 4 aromatic carbocycles. The maximum absolute atomic E-state index is 4.08. The Morgan fingerprint density at radius 2 is 1.22 bits per heavy atom. The van der Waals surface area contributed by atoms with Crippen LogP contribution in [0, 0.1) is 0 Å². The third kappa shape index (κ3) is 7.97. The number of nitrogens with zero attached hydrogens (tertiary/aromatic N) is 2. The van der Waals surface area contributed by atoms with Crippen molar-refractivity contribution in [2.75, 3.05) is 16.8 Å². The van der Waals surface area contributed by atoms with Gasteiger partial charge in [0.25, 0.3) is 0 Å². The van der Waals surface area contributed by atoms with Crippen molar-refractivity contribution < 1.29 is 0 Å². The standard InChI is InChI=1S/C39H38N2/c1-5-17-37(25-16-20-33-18-10-7-11-19-33)41(38-23-14-9-15-24-38)39-30-28-35(29-31-39)34(6-2)27-26-32(3)40(4)36-21-12-8-13-22-36/h5-19,21-31H,1-2,20H2,3-4H3/b25-16-,32-26+,34-27+,37-17+. The van der Waals surface area contributed by atoms with Crippen molar-refractivity contribution in [1.82, 2.24) is 0 Å². The zero-order valence-electron chi connectivity index (χ0n) is 24.0. The Kier molecular flexibility index (Phi) is 10.5. The molecule has 0 heterocycles. The summed E-state index contributed by atoms with van der Waals surface area (Å²) in [5.74, 6) is 0. The molecule has 0 aliphatic rings. The van der Waals surface area contributed by atoms with Crippen LogP contribution in [0.15, 0.2) is 182 Å². The maximum atomic E-state index is 4.08. The number of rotatable bonds is 12. The number of benzene rings is 4. The van der Waals surface area contributed by atoms with Gasteiger partial charge >= 0.3 is 0 Å². The number of anilines is 3. The van der Waals surface area contributed by atoms with Crippen molar-refractivity contribution in [3.8, 4) is 0 Å². The number of hydrogen-bond acceptors (Lipinski definition) is 2. The molecule has 204 valence electrons. The van der Waals surface area contributed by atoms with Gasteiger partial charge in [0.15, 0.2) is 0 Å². The lowest BCUT2D eigenvalue weighted by Crippen LogP contribution is -2.15. The first kappa shape index (κ1) is 28.9. The van der Waals surface area contributed by atoms with Crippen LogP contribution in [0.25, 0.3) is 5.57 Å². The number of para-hydroxylation sites is 2. The Balaban J connectivity index is 1.62. The first-order valence-corrected chi connectivity index (χ1v) is 13.9. The summed E-state index contributed by atoms with van der Waals surface area (Å²) >= 11 is 0. The van der Waals surface area contributed by atoms with Crippen LogP contribution in [0.1, 0.15) is 18.1 Å². The summed E-state index contributed by atoms with van der Waals surface area (Å²) < 4.78 is 0. The molecule has 0 amide bonds. The number of allylic oxidation sites excluding steroid dienone is 9. The first-order valence-electron chi connectivity index (χ1n) is 13.9. The van der Waals surface area contributed by atoms with E-state index in [1.807, 2.05) is 36.4 Å². The van der Waals surface area contributed by atoms with Gasteiger partial charge in [0.05, 0.1) is 0 Å². The van der Waals surface area contributed by atoms with Crippen LogP contribution >= 0.6 is 0 Å². The SMILES string of the molecule is C=C/C=C(\C=C/Cc1ccccc1)N(c1ccccc1)c1ccc(/C(C=C)=C/C=C(\C)N(C)c2ccccc2)cc1. The van der Waals surface area contributed by atoms with Crippen LogP contribution in [0.2, 0.25) is 0 Å². The molecular formula is C39H38N2. The Labute approximate surface area is 245 Å². The fourth-order valence-corrected chi connectivity index (χ4v) is 4.54. The second-order valence-electron chi connectivity index (χ2n) is 9.67. The molecular weight excluding hydrogens is 496 g/mol. The van der Waals surface area contributed by atoms with E-state index in [0.29, 0.717) is 0 Å². The lowest BCUT2D eigenvalue weighted by Gasteiger charge is -2.26. The highest BCUT2D eigenvalue weighted by molar-refractivity contribution is 5.78. The van der Waals surface area contributed by atoms with Gasteiger partial charge in [-0.2, -0.15) is 0 Å². The summed E-state index contributed by atoms with van der Waals surface area (Å²) in [7, 11) is 2.08. The monoisotopic (exact) mass is 534 g/mol. The van der Waals surface area contributed by atoms with Crippen LogP contribution < -0.4 is 9.80 Å². The van der Waals surface area contributed by atoms with Crippen LogP contribution in [0.4, 0.5) is 17.1 Å². The Bertz CT molecular complexity index is 1520. The molecule has 0 aliphatic heterocycles. The minimum Gasteiger partial charge on any atom is -0.348 e. The summed E-state index contributed by atoms with van der Waals surface area (Å²) in [4.78, 5) is 4.43. The van der Waals surface area contributed by atoms with Crippen LogP contribution in [0.5, 0.6) is 0 Å². The van der Waals surface area contributed by atoms with E-state index in [1.165, 1.54) is 5.56 Å². The van der Waals surface area contributed by atoms with E-state index < -0.39 is 0 Å². The third-order valence-electron chi connectivity index (χ3n) is 6.90. The van der Waals surface area contributed by atoms with Crippen molar-refractivity contribution in [2.45, 2.75) is 13.3 Å². The molecule has 0 unspecified atom stereocenters. The predicted molar refractivity (Wildman–Crippen MR) is 179 cm³/mol. The van der Waals surface area contributed by atoms with Crippen molar-refractivity contribution in [3.05, 3.63) is 193 Å². The van der Waals surface area contributed by atoms with E-state index in [0.717, 1.165) is 46.0 Å². The Morgan fingerprint density at radius 3 is 1.80 bits per heavy atom. The molecule has 4 rings (SSSR count). The third-order valence-corrected chi connectivity index (χ3v) is 6.90. The molecule has 41 heavy (non-hydrogen) atoms. The van der Waals surface area contributed by atoms with Crippen molar-refractivity contribution >= 4 is 22.6 Å². The van der Waals surface area contributed by atoms with Gasteiger partial charge in [-0.25, -0.2) is 0 Å². The second-order valence-corrected chi connectivity index (χ2v) is 9.67. The van der Waals surface area contributed by atoms with E-state index in [1.54, 1.807) is 0 Å². The first-order chi connectivity index (χ1) is 20.1. The number of hydrogen-bond donors (Lipinski definition) is 0. The zero-order valence-corrected chi connectivity index (χ0v) is 24.0. The molecule has 0 N–H and O–H groups in total. The lowest BCUT2D eigenvalue weighted by molar-refractivity contribution is 1.09. The highest BCUT2D eigenvalue weighted by Crippen LogP contribution is 2.32. The van der Waals surface area contributed by atoms with E-state index in [4.69, 9.17) is 0 Å². The van der Waals surface area contributed by atoms with E-state index in [-0.39, 0.29) is 0 Å². The average Bonchev–Trinajstić information content (AvgIpc) is 3.03. The van der Waals surface area contributed by atoms with E-state index in [9.17, 15) is 0 Å². The fourth-order valence-electron chi connectivity index (χ4n) is 4.54. The second kappa shape index (κ2) is 14.9. The predicted octanol–water partition coefficient (Wildman–Crippen LogP) is 10.3. The zero-order chi connectivity index (χ0) is 28.9. The molecule has 0 spiro atoms. The molecule has 2 nitrogen and oxygen atoms in total. The van der Waals surface area contributed by atoms with Gasteiger partial charge in [0.1, 0.15) is 0 Å². The van der Waals surface area contributed by atoms with Crippen molar-refractivity contribution in [3.63, 3.8) is 0 Å². The average molecular weight is 535 g/mol. The van der Waals surface area contributed by atoms with Crippen molar-refractivity contribution in [2.24, 2.45) is 0 Å². The van der Waals surface area contributed by atoms with Gasteiger partial charge in [-0.1, -0.05) is 116 Å². The smallest absolute Gasteiger partial charge is 0.0462 e. The van der Waals surface area contributed by atoms with E-state index >= 15 is 0 Å². The highest BCUT2D eigenvalue weighted by Gasteiger charge is 2.13. The molecule has 0 aliphatic carbocycles. The normalized spacial score (nSPS) is 12.3. The fraction of sp³-hybridized carbons (Fsp3) is 0.0769. The van der Waals surface area contributed by atoms with Gasteiger partial charge < -0.3 is 9.80 Å². The molecule has 2 heteroatoms. The topological polar surface area (TPSA) is 6.48 Å². The van der Waals surface area contributed by atoms with Gasteiger partial charge in [0.2, 0.25) is 0 Å². The van der Waals surface area contributed by atoms with Gasteiger partial charge in [-0.3, -0.25) is 0 Å². The molecule has 0 fully saturated rings. The van der Waals surface area contributed by atoms with Gasteiger partial charge in [-0.05, 0) is 84.7 Å². The quantitative estimate of drug-likeness (QED) is 0.167. The van der Waals surface area contributed by atoms with Crippen LogP contribution in [-0.4, -0.2) is 7.05 Å². The minimum absolute atomic E-state index is 0.858. The summed E-state index contributed by atoms with van der Waals surface area (Å²) in [6.07, 6.45) is 15.3. The molecule has 0 saturated heterocycles. The molecule has 0 atom stereocenters. The van der Waals surface area contributed by atoms with Crippen LogP contribution in [0.3, 0.4) is 0 Å². The largest absolute Gasteiger partial charge is 0.348 e. The molecule has 0 radical (unpaired) electrons. The molecule has 0 aromatic heterocycles. The highest BCUT2D eigenvalue weighted by atomic mass is 15.1. The Morgan fingerprint density at radius 1 is 0.659 bits per heavy atom. The Hall–Kier alpha value is -5.08. The summed E-state index contributed by atoms with van der Waals surface area (Å²) in [6.45, 7) is 10.2. The van der Waals surface area contributed by atoms with Crippen LogP contribution in [-0.2, 0) is 6.42 Å². The summed E-state index contributed by atoms with van der Waals surface area (Å²) in [6, 6.07) is 39.9. The lowest BCUT2D eigenvalue weighted by atomic mass is 10.0. The summed E-state index contributed by atoms with van der Waals surface area (Å²) in [5.41, 5.74) is 8.93. The summed E-state index contributed by atoms with van der Waals surface area (Å²) in [5, 5.41) is 0. The molecule has 0 bridgehead atoms. The van der Waals surface area contributed by atoms with Gasteiger partial charge in [-0.15, -0.1) is 0 Å².